The predicted octanol–water partition coefficient (Wildman–Crippen LogP) is 4.87. The largest absolute Gasteiger partial charge is 0.465 e. The Labute approximate surface area is 127 Å². The van der Waals surface area contributed by atoms with Crippen molar-refractivity contribution in [1.29, 1.82) is 0 Å². The number of carbonyl (C=O) groups is 1. The lowest BCUT2D eigenvalue weighted by Crippen LogP contribution is -2.03. The third-order valence-electron chi connectivity index (χ3n) is 3.33. The standard InChI is InChI=1S/C18H14O2S/c1-20-18(19)16-10-6-5-9-15(16)17-14(11-12-21-17)13-7-3-2-4-8-13/h2-12H,1H3. The monoisotopic (exact) mass is 294 g/mol. The van der Waals surface area contributed by atoms with Crippen LogP contribution in [-0.4, -0.2) is 13.1 Å². The molecule has 1 heterocycles. The Morgan fingerprint density at radius 2 is 1.62 bits per heavy atom. The van der Waals surface area contributed by atoms with Crippen LogP contribution in [0.25, 0.3) is 21.6 Å². The van der Waals surface area contributed by atoms with E-state index in [0.717, 1.165) is 21.6 Å². The van der Waals surface area contributed by atoms with Gasteiger partial charge in [-0.1, -0.05) is 48.5 Å². The fraction of sp³-hybridized carbons (Fsp3) is 0.0556. The zero-order valence-electron chi connectivity index (χ0n) is 11.6. The van der Waals surface area contributed by atoms with Crippen LogP contribution in [0, 0.1) is 0 Å². The fourth-order valence-electron chi connectivity index (χ4n) is 2.33. The lowest BCUT2D eigenvalue weighted by atomic mass is 9.99. The summed E-state index contributed by atoms with van der Waals surface area (Å²) in [5.41, 5.74) is 3.79. The molecule has 0 N–H and O–H groups in total. The van der Waals surface area contributed by atoms with Gasteiger partial charge in [0.25, 0.3) is 0 Å². The van der Waals surface area contributed by atoms with E-state index >= 15 is 0 Å². The van der Waals surface area contributed by atoms with Crippen molar-refractivity contribution in [3.05, 3.63) is 71.6 Å². The van der Waals surface area contributed by atoms with Gasteiger partial charge in [0.05, 0.1) is 12.7 Å². The first-order valence-electron chi connectivity index (χ1n) is 6.62. The van der Waals surface area contributed by atoms with Gasteiger partial charge in [-0.15, -0.1) is 11.3 Å². The Kier molecular flexibility index (Phi) is 3.84. The SMILES string of the molecule is COC(=O)c1ccccc1-c1sccc1-c1ccccc1. The van der Waals surface area contributed by atoms with Crippen LogP contribution >= 0.6 is 11.3 Å². The number of benzene rings is 2. The number of hydrogen-bond donors (Lipinski definition) is 0. The van der Waals surface area contributed by atoms with Crippen LogP contribution in [0.1, 0.15) is 10.4 Å². The number of rotatable bonds is 3. The summed E-state index contributed by atoms with van der Waals surface area (Å²) in [5.74, 6) is -0.307. The van der Waals surface area contributed by atoms with Gasteiger partial charge in [-0.25, -0.2) is 4.79 Å². The van der Waals surface area contributed by atoms with Gasteiger partial charge in [-0.2, -0.15) is 0 Å². The quantitative estimate of drug-likeness (QED) is 0.644. The van der Waals surface area contributed by atoms with Gasteiger partial charge in [0.2, 0.25) is 0 Å². The van der Waals surface area contributed by atoms with Crippen molar-refractivity contribution in [2.24, 2.45) is 0 Å². The van der Waals surface area contributed by atoms with Crippen LogP contribution in [0.15, 0.2) is 66.0 Å². The van der Waals surface area contributed by atoms with Crippen molar-refractivity contribution >= 4 is 17.3 Å². The first-order valence-corrected chi connectivity index (χ1v) is 7.50. The molecule has 0 saturated heterocycles. The molecule has 0 aliphatic heterocycles. The summed E-state index contributed by atoms with van der Waals surface area (Å²) in [4.78, 5) is 13.0. The van der Waals surface area contributed by atoms with E-state index in [4.69, 9.17) is 4.74 Å². The van der Waals surface area contributed by atoms with Gasteiger partial charge < -0.3 is 4.74 Å². The van der Waals surface area contributed by atoms with Crippen molar-refractivity contribution in [3.63, 3.8) is 0 Å². The van der Waals surface area contributed by atoms with Crippen molar-refractivity contribution in [2.75, 3.05) is 7.11 Å². The first-order chi connectivity index (χ1) is 10.3. The molecule has 0 atom stereocenters. The lowest BCUT2D eigenvalue weighted by Gasteiger charge is -2.09. The summed E-state index contributed by atoms with van der Waals surface area (Å²) in [6.07, 6.45) is 0. The van der Waals surface area contributed by atoms with E-state index < -0.39 is 0 Å². The Morgan fingerprint density at radius 1 is 0.905 bits per heavy atom. The molecular weight excluding hydrogens is 280 g/mol. The molecule has 3 rings (SSSR count). The maximum atomic E-state index is 12.0. The summed E-state index contributed by atoms with van der Waals surface area (Å²) in [7, 11) is 1.41. The minimum atomic E-state index is -0.307. The van der Waals surface area contributed by atoms with Crippen molar-refractivity contribution in [1.82, 2.24) is 0 Å². The van der Waals surface area contributed by atoms with Gasteiger partial charge in [0.15, 0.2) is 0 Å². The van der Waals surface area contributed by atoms with Crippen LogP contribution in [-0.2, 0) is 4.74 Å². The smallest absolute Gasteiger partial charge is 0.338 e. The number of methoxy groups -OCH3 is 1. The molecule has 2 nitrogen and oxygen atoms in total. The number of carbonyl (C=O) groups excluding carboxylic acids is 1. The Balaban J connectivity index is 2.16. The van der Waals surface area contributed by atoms with E-state index in [9.17, 15) is 4.79 Å². The highest BCUT2D eigenvalue weighted by Gasteiger charge is 2.16. The highest BCUT2D eigenvalue weighted by atomic mass is 32.1. The molecule has 21 heavy (non-hydrogen) atoms. The highest BCUT2D eigenvalue weighted by Crippen LogP contribution is 2.38. The molecule has 0 aliphatic carbocycles. The third kappa shape index (κ3) is 2.60. The zero-order valence-corrected chi connectivity index (χ0v) is 12.4. The number of esters is 1. The van der Waals surface area contributed by atoms with Crippen LogP contribution in [0.3, 0.4) is 0 Å². The maximum absolute atomic E-state index is 12.0. The maximum Gasteiger partial charge on any atom is 0.338 e. The number of thiophene rings is 1. The summed E-state index contributed by atoms with van der Waals surface area (Å²) in [5, 5.41) is 2.05. The number of ether oxygens (including phenoxy) is 1. The average molecular weight is 294 g/mol. The fourth-order valence-corrected chi connectivity index (χ4v) is 3.29. The molecule has 2 aromatic carbocycles. The van der Waals surface area contributed by atoms with Crippen LogP contribution in [0.4, 0.5) is 0 Å². The van der Waals surface area contributed by atoms with E-state index in [2.05, 4.69) is 18.2 Å². The van der Waals surface area contributed by atoms with Gasteiger partial charge in [0, 0.05) is 16.0 Å². The molecule has 0 radical (unpaired) electrons. The second-order valence-electron chi connectivity index (χ2n) is 4.57. The van der Waals surface area contributed by atoms with Gasteiger partial charge >= 0.3 is 5.97 Å². The number of hydrogen-bond acceptors (Lipinski definition) is 3. The van der Waals surface area contributed by atoms with E-state index in [1.54, 1.807) is 17.4 Å². The molecule has 0 unspecified atom stereocenters. The predicted molar refractivity (Wildman–Crippen MR) is 86.5 cm³/mol. The molecule has 3 heteroatoms. The van der Waals surface area contributed by atoms with Gasteiger partial charge in [-0.3, -0.25) is 0 Å². The molecule has 104 valence electrons. The second kappa shape index (κ2) is 5.94. The Bertz CT molecular complexity index is 760. The van der Waals surface area contributed by atoms with E-state index in [1.807, 2.05) is 41.8 Å². The molecule has 0 bridgehead atoms. The van der Waals surface area contributed by atoms with Gasteiger partial charge in [-0.05, 0) is 23.1 Å². The Hall–Kier alpha value is -2.39. The average Bonchev–Trinajstić information content (AvgIpc) is 3.04. The molecule has 0 aliphatic rings. The van der Waals surface area contributed by atoms with E-state index in [1.165, 1.54) is 7.11 Å². The highest BCUT2D eigenvalue weighted by molar-refractivity contribution is 7.14. The zero-order chi connectivity index (χ0) is 14.7. The summed E-state index contributed by atoms with van der Waals surface area (Å²) >= 11 is 1.63. The molecule has 0 amide bonds. The summed E-state index contributed by atoms with van der Waals surface area (Å²) in [6.45, 7) is 0. The molecule has 0 fully saturated rings. The van der Waals surface area contributed by atoms with E-state index in [0.29, 0.717) is 5.56 Å². The first kappa shape index (κ1) is 13.6. The van der Waals surface area contributed by atoms with Crippen molar-refractivity contribution in [2.45, 2.75) is 0 Å². The molecule has 0 spiro atoms. The third-order valence-corrected chi connectivity index (χ3v) is 4.27. The Morgan fingerprint density at radius 3 is 2.38 bits per heavy atom. The van der Waals surface area contributed by atoms with Crippen LogP contribution < -0.4 is 0 Å². The van der Waals surface area contributed by atoms with E-state index in [-0.39, 0.29) is 5.97 Å². The minimum Gasteiger partial charge on any atom is -0.465 e. The molecule has 0 saturated carbocycles. The van der Waals surface area contributed by atoms with Gasteiger partial charge in [0.1, 0.15) is 0 Å². The molecule has 1 aromatic heterocycles. The lowest BCUT2D eigenvalue weighted by molar-refractivity contribution is 0.0601. The summed E-state index contributed by atoms with van der Waals surface area (Å²) in [6, 6.07) is 19.8. The molecular formula is C18H14O2S. The molecule has 3 aromatic rings. The second-order valence-corrected chi connectivity index (χ2v) is 5.48. The van der Waals surface area contributed by atoms with Crippen molar-refractivity contribution < 1.29 is 9.53 Å². The topological polar surface area (TPSA) is 26.3 Å². The summed E-state index contributed by atoms with van der Waals surface area (Å²) < 4.78 is 4.89. The minimum absolute atomic E-state index is 0.307. The normalized spacial score (nSPS) is 10.3. The van der Waals surface area contributed by atoms with Crippen LogP contribution in [0.2, 0.25) is 0 Å². The van der Waals surface area contributed by atoms with Crippen LogP contribution in [0.5, 0.6) is 0 Å². The van der Waals surface area contributed by atoms with Crippen molar-refractivity contribution in [3.8, 4) is 21.6 Å².